The Morgan fingerprint density at radius 2 is 1.90 bits per heavy atom. The van der Waals surface area contributed by atoms with Crippen molar-refractivity contribution in [3.8, 4) is 0 Å². The van der Waals surface area contributed by atoms with E-state index in [9.17, 15) is 4.39 Å². The number of halogens is 3. The lowest BCUT2D eigenvalue weighted by molar-refractivity contribution is 0.477. The van der Waals surface area contributed by atoms with E-state index in [1.165, 1.54) is 15.8 Å². The molecule has 2 atom stereocenters. The Labute approximate surface area is 139 Å². The number of benzene rings is 1. The van der Waals surface area contributed by atoms with Crippen molar-refractivity contribution in [2.75, 3.05) is 0 Å². The number of nitrogens with one attached hydrogen (secondary N) is 1. The molecule has 2 unspecified atom stereocenters. The Kier molecular flexibility index (Phi) is 5.67. The largest absolute Gasteiger partial charge is 0.307 e. The summed E-state index contributed by atoms with van der Waals surface area (Å²) in [4.78, 5) is 2.64. The molecule has 1 nitrogen and oxygen atoms in total. The zero-order chi connectivity index (χ0) is 15.6. The lowest BCUT2D eigenvalue weighted by Crippen LogP contribution is -2.30. The predicted molar refractivity (Wildman–Crippen MR) is 90.2 cm³/mol. The number of hydrogen-bond acceptors (Lipinski definition) is 2. The van der Waals surface area contributed by atoms with Gasteiger partial charge in [-0.2, -0.15) is 0 Å². The van der Waals surface area contributed by atoms with Gasteiger partial charge in [-0.3, -0.25) is 0 Å². The molecule has 0 saturated carbocycles. The van der Waals surface area contributed by atoms with Crippen LogP contribution >= 0.6 is 34.5 Å². The Bertz CT molecular complexity index is 627. The predicted octanol–water partition coefficient (Wildman–Crippen LogP) is 5.78. The fraction of sp³-hybridized carbons (Fsp3) is 0.375. The smallest absolute Gasteiger partial charge is 0.142 e. The average Bonchev–Trinajstić information content (AvgIpc) is 2.79. The van der Waals surface area contributed by atoms with E-state index < -0.39 is 5.82 Å². The third kappa shape index (κ3) is 4.19. The van der Waals surface area contributed by atoms with Gasteiger partial charge in [-0.05, 0) is 51.5 Å². The fourth-order valence-corrected chi connectivity index (χ4v) is 4.12. The third-order valence-corrected chi connectivity index (χ3v) is 5.09. The zero-order valence-corrected chi connectivity index (χ0v) is 14.5. The van der Waals surface area contributed by atoms with Crippen LogP contribution < -0.4 is 5.32 Å². The topological polar surface area (TPSA) is 12.0 Å². The monoisotopic (exact) mass is 345 g/mol. The molecule has 0 amide bonds. The van der Waals surface area contributed by atoms with Gasteiger partial charge in [-0.1, -0.05) is 23.2 Å². The van der Waals surface area contributed by atoms with E-state index in [4.69, 9.17) is 23.2 Å². The normalized spacial score (nSPS) is 14.2. The van der Waals surface area contributed by atoms with E-state index in [0.717, 1.165) is 6.42 Å². The molecule has 1 N–H and O–H groups in total. The fourth-order valence-electron chi connectivity index (χ4n) is 2.41. The maximum atomic E-state index is 13.6. The van der Waals surface area contributed by atoms with Crippen molar-refractivity contribution in [2.45, 2.75) is 39.3 Å². The van der Waals surface area contributed by atoms with Crippen LogP contribution in [0, 0.1) is 12.7 Å². The summed E-state index contributed by atoms with van der Waals surface area (Å²) < 4.78 is 13.6. The molecule has 0 aliphatic rings. The van der Waals surface area contributed by atoms with E-state index >= 15 is 0 Å². The molecule has 1 aromatic carbocycles. The van der Waals surface area contributed by atoms with Crippen LogP contribution in [0.2, 0.25) is 10.0 Å². The lowest BCUT2D eigenvalue weighted by Gasteiger charge is -2.22. The molecule has 1 aromatic heterocycles. The van der Waals surface area contributed by atoms with Gasteiger partial charge in [-0.15, -0.1) is 11.3 Å². The van der Waals surface area contributed by atoms with E-state index in [2.05, 4.69) is 31.3 Å². The standard InChI is InChI=1S/C16H18Cl2FNS/c1-9(8-12-5-4-10(2)21-12)20-11(3)15-13(17)6-7-14(19)16(15)18/h4-7,9,11,20H,8H2,1-3H3. The van der Waals surface area contributed by atoms with Gasteiger partial charge in [0.2, 0.25) is 0 Å². The number of thiophene rings is 1. The second-order valence-corrected chi connectivity index (χ2v) is 7.42. The molecular formula is C16H18Cl2FNS. The highest BCUT2D eigenvalue weighted by atomic mass is 35.5. The minimum atomic E-state index is -0.439. The third-order valence-electron chi connectivity index (χ3n) is 3.35. The second kappa shape index (κ2) is 7.10. The van der Waals surface area contributed by atoms with Gasteiger partial charge in [0, 0.05) is 32.4 Å². The molecule has 0 saturated heterocycles. The van der Waals surface area contributed by atoms with Crippen LogP contribution in [-0.4, -0.2) is 6.04 Å². The summed E-state index contributed by atoms with van der Waals surface area (Å²) in [6.07, 6.45) is 0.924. The van der Waals surface area contributed by atoms with Crippen molar-refractivity contribution >= 4 is 34.5 Å². The first-order valence-corrected chi connectivity index (χ1v) is 8.40. The molecule has 5 heteroatoms. The van der Waals surface area contributed by atoms with Gasteiger partial charge in [0.15, 0.2) is 0 Å². The Hall–Kier alpha value is -0.610. The molecule has 114 valence electrons. The SMILES string of the molecule is Cc1ccc(CC(C)NC(C)c2c(Cl)ccc(F)c2Cl)s1. The molecule has 2 aromatic rings. The molecule has 0 radical (unpaired) electrons. The number of aryl methyl sites for hydroxylation is 1. The summed E-state index contributed by atoms with van der Waals surface area (Å²) in [6, 6.07) is 7.23. The minimum Gasteiger partial charge on any atom is -0.307 e. The van der Waals surface area contributed by atoms with Crippen LogP contribution in [0.4, 0.5) is 4.39 Å². The van der Waals surface area contributed by atoms with Gasteiger partial charge in [0.25, 0.3) is 0 Å². The Morgan fingerprint density at radius 1 is 1.19 bits per heavy atom. The van der Waals surface area contributed by atoms with Gasteiger partial charge in [0.1, 0.15) is 5.82 Å². The van der Waals surface area contributed by atoms with Gasteiger partial charge >= 0.3 is 0 Å². The summed E-state index contributed by atoms with van der Waals surface area (Å²) in [5.74, 6) is -0.439. The minimum absolute atomic E-state index is 0.0988. The van der Waals surface area contributed by atoms with Crippen LogP contribution in [-0.2, 0) is 6.42 Å². The maximum Gasteiger partial charge on any atom is 0.142 e. The van der Waals surface area contributed by atoms with Crippen LogP contribution in [0.3, 0.4) is 0 Å². The van der Waals surface area contributed by atoms with E-state index in [1.807, 2.05) is 6.92 Å². The van der Waals surface area contributed by atoms with Crippen molar-refractivity contribution < 1.29 is 4.39 Å². The van der Waals surface area contributed by atoms with Crippen molar-refractivity contribution in [3.05, 3.63) is 55.4 Å². The first-order chi connectivity index (χ1) is 9.88. The van der Waals surface area contributed by atoms with Crippen LogP contribution in [0.5, 0.6) is 0 Å². The molecule has 21 heavy (non-hydrogen) atoms. The number of hydrogen-bond donors (Lipinski definition) is 1. The highest BCUT2D eigenvalue weighted by Crippen LogP contribution is 2.32. The molecule has 2 rings (SSSR count). The Balaban J connectivity index is 2.07. The summed E-state index contributed by atoms with van der Waals surface area (Å²) in [7, 11) is 0. The van der Waals surface area contributed by atoms with E-state index in [-0.39, 0.29) is 17.1 Å². The van der Waals surface area contributed by atoms with Crippen molar-refractivity contribution in [1.29, 1.82) is 0 Å². The van der Waals surface area contributed by atoms with Gasteiger partial charge in [-0.25, -0.2) is 4.39 Å². The van der Waals surface area contributed by atoms with Crippen molar-refractivity contribution in [2.24, 2.45) is 0 Å². The highest BCUT2D eigenvalue weighted by molar-refractivity contribution is 7.11. The quantitative estimate of drug-likeness (QED) is 0.676. The Morgan fingerprint density at radius 3 is 2.52 bits per heavy atom. The van der Waals surface area contributed by atoms with Crippen LogP contribution in [0.1, 0.15) is 35.2 Å². The summed E-state index contributed by atoms with van der Waals surface area (Å²) >= 11 is 14.0. The maximum absolute atomic E-state index is 13.6. The summed E-state index contributed by atoms with van der Waals surface area (Å²) in [5.41, 5.74) is 0.618. The average molecular weight is 346 g/mol. The molecule has 0 fully saturated rings. The van der Waals surface area contributed by atoms with Crippen LogP contribution in [0.15, 0.2) is 24.3 Å². The van der Waals surface area contributed by atoms with Crippen molar-refractivity contribution in [1.82, 2.24) is 5.32 Å². The zero-order valence-electron chi connectivity index (χ0n) is 12.2. The first-order valence-electron chi connectivity index (χ1n) is 6.83. The van der Waals surface area contributed by atoms with E-state index in [1.54, 1.807) is 17.4 Å². The molecule has 0 spiro atoms. The first kappa shape index (κ1) is 16.8. The van der Waals surface area contributed by atoms with Crippen molar-refractivity contribution in [3.63, 3.8) is 0 Å². The van der Waals surface area contributed by atoms with Gasteiger partial charge < -0.3 is 5.32 Å². The van der Waals surface area contributed by atoms with E-state index in [0.29, 0.717) is 10.6 Å². The summed E-state index contributed by atoms with van der Waals surface area (Å²) in [5, 5.41) is 4.02. The van der Waals surface area contributed by atoms with Gasteiger partial charge in [0.05, 0.1) is 5.02 Å². The highest BCUT2D eigenvalue weighted by Gasteiger charge is 2.18. The van der Waals surface area contributed by atoms with Crippen LogP contribution in [0.25, 0.3) is 0 Å². The molecule has 0 bridgehead atoms. The molecule has 0 aliphatic carbocycles. The second-order valence-electron chi connectivity index (χ2n) is 5.26. The number of rotatable bonds is 5. The molecule has 1 heterocycles. The summed E-state index contributed by atoms with van der Waals surface area (Å²) in [6.45, 7) is 6.15. The lowest BCUT2D eigenvalue weighted by atomic mass is 10.1. The molecular weight excluding hydrogens is 328 g/mol. The molecule has 0 aliphatic heterocycles.